The van der Waals surface area contributed by atoms with Gasteiger partial charge in [0.25, 0.3) is 15.9 Å². The number of methoxy groups -OCH3 is 1. The van der Waals surface area contributed by atoms with Gasteiger partial charge in [-0.2, -0.15) is 8.78 Å². The summed E-state index contributed by atoms with van der Waals surface area (Å²) in [6.45, 7) is -2.98. The van der Waals surface area contributed by atoms with Gasteiger partial charge in [0.1, 0.15) is 17.3 Å². The number of carbonyl (C=O) groups excluding carboxylic acids is 1. The second-order valence-electron chi connectivity index (χ2n) is 6.33. The second kappa shape index (κ2) is 9.60. The van der Waals surface area contributed by atoms with Crippen LogP contribution in [0, 0.1) is 5.82 Å². The number of carbonyl (C=O) groups is 1. The van der Waals surface area contributed by atoms with E-state index in [1.54, 1.807) is 0 Å². The third-order valence-corrected chi connectivity index (χ3v) is 5.55. The van der Waals surface area contributed by atoms with Crippen LogP contribution in [0.5, 0.6) is 11.5 Å². The number of rotatable bonds is 8. The Bertz CT molecular complexity index is 1200. The Labute approximate surface area is 181 Å². The van der Waals surface area contributed by atoms with Gasteiger partial charge >= 0.3 is 6.61 Å². The van der Waals surface area contributed by atoms with Gasteiger partial charge < -0.3 is 14.8 Å². The number of benzene rings is 3. The minimum atomic E-state index is -4.06. The van der Waals surface area contributed by atoms with E-state index in [4.69, 9.17) is 4.74 Å². The van der Waals surface area contributed by atoms with Gasteiger partial charge in [0.15, 0.2) is 0 Å². The number of alkyl halides is 2. The van der Waals surface area contributed by atoms with Gasteiger partial charge in [-0.3, -0.25) is 9.52 Å². The van der Waals surface area contributed by atoms with Crippen LogP contribution < -0.4 is 19.5 Å². The number of sulfonamides is 1. The monoisotopic (exact) mass is 466 g/mol. The average Bonchev–Trinajstić information content (AvgIpc) is 2.74. The summed E-state index contributed by atoms with van der Waals surface area (Å²) in [7, 11) is -2.72. The summed E-state index contributed by atoms with van der Waals surface area (Å²) in [5, 5.41) is 2.58. The molecule has 0 aliphatic heterocycles. The zero-order valence-corrected chi connectivity index (χ0v) is 17.3. The number of amides is 1. The molecule has 0 unspecified atom stereocenters. The highest BCUT2D eigenvalue weighted by atomic mass is 32.2. The van der Waals surface area contributed by atoms with Crippen LogP contribution in [0.3, 0.4) is 0 Å². The van der Waals surface area contributed by atoms with Gasteiger partial charge in [-0.1, -0.05) is 0 Å². The van der Waals surface area contributed by atoms with Gasteiger partial charge in [-0.05, 0) is 66.7 Å². The number of hydrogen-bond donors (Lipinski definition) is 2. The smallest absolute Gasteiger partial charge is 0.387 e. The summed E-state index contributed by atoms with van der Waals surface area (Å²) in [6, 6.07) is 13.6. The molecule has 7 nitrogen and oxygen atoms in total. The summed E-state index contributed by atoms with van der Waals surface area (Å²) in [5.41, 5.74) is 0.437. The van der Waals surface area contributed by atoms with Gasteiger partial charge in [-0.25, -0.2) is 12.8 Å². The van der Waals surface area contributed by atoms with Crippen LogP contribution in [0.1, 0.15) is 10.4 Å². The zero-order chi connectivity index (χ0) is 23.3. The van der Waals surface area contributed by atoms with Crippen molar-refractivity contribution in [3.8, 4) is 11.5 Å². The summed E-state index contributed by atoms with van der Waals surface area (Å²) >= 11 is 0. The molecule has 168 valence electrons. The molecule has 0 bridgehead atoms. The van der Waals surface area contributed by atoms with E-state index in [0.717, 1.165) is 24.3 Å². The predicted octanol–water partition coefficient (Wildman–Crippen LogP) is 4.49. The Morgan fingerprint density at radius 2 is 1.62 bits per heavy atom. The number of halogens is 3. The molecule has 0 spiro atoms. The summed E-state index contributed by atoms with van der Waals surface area (Å²) in [4.78, 5) is 12.3. The van der Waals surface area contributed by atoms with Crippen LogP contribution in [-0.4, -0.2) is 28.0 Å². The fraction of sp³-hybridized carbons (Fsp3) is 0.0952. The molecule has 0 heterocycles. The normalized spacial score (nSPS) is 11.2. The molecule has 0 fully saturated rings. The highest BCUT2D eigenvalue weighted by Gasteiger charge is 2.18. The summed E-state index contributed by atoms with van der Waals surface area (Å²) in [5.74, 6) is -1.06. The first-order valence-corrected chi connectivity index (χ1v) is 10.5. The van der Waals surface area contributed by atoms with Gasteiger partial charge in [0, 0.05) is 11.3 Å². The molecule has 0 aliphatic carbocycles. The van der Waals surface area contributed by atoms with Gasteiger partial charge in [0.2, 0.25) is 0 Å². The first-order valence-electron chi connectivity index (χ1n) is 9.00. The Morgan fingerprint density at radius 3 is 2.22 bits per heavy atom. The van der Waals surface area contributed by atoms with Crippen molar-refractivity contribution in [2.45, 2.75) is 11.5 Å². The van der Waals surface area contributed by atoms with Crippen LogP contribution in [0.4, 0.5) is 24.5 Å². The molecule has 0 saturated carbocycles. The fourth-order valence-corrected chi connectivity index (χ4v) is 3.74. The highest BCUT2D eigenvalue weighted by Crippen LogP contribution is 2.30. The molecule has 0 saturated heterocycles. The number of anilines is 2. The SMILES string of the molecule is COc1ccc(NC(=O)c2ccc(OC(F)F)cc2)cc1NS(=O)(=O)c1ccc(F)cc1. The fourth-order valence-electron chi connectivity index (χ4n) is 2.67. The molecule has 3 aromatic rings. The minimum absolute atomic E-state index is 0.0373. The Balaban J connectivity index is 1.80. The van der Waals surface area contributed by atoms with Gasteiger partial charge in [0.05, 0.1) is 17.7 Å². The standard InChI is InChI=1S/C21H17F3N2O5S/c1-30-19-11-6-15(25-20(27)13-2-7-16(8-3-13)31-21(23)24)12-18(19)26-32(28,29)17-9-4-14(22)5-10-17/h2-12,21,26H,1H3,(H,25,27). The lowest BCUT2D eigenvalue weighted by atomic mass is 10.2. The molecule has 3 aromatic carbocycles. The molecule has 0 aromatic heterocycles. The van der Waals surface area contributed by atoms with Crippen LogP contribution in [-0.2, 0) is 10.0 Å². The van der Waals surface area contributed by atoms with E-state index in [1.165, 1.54) is 49.6 Å². The van der Waals surface area contributed by atoms with E-state index in [9.17, 15) is 26.4 Å². The molecule has 0 radical (unpaired) electrons. The van der Waals surface area contributed by atoms with E-state index in [2.05, 4.69) is 14.8 Å². The van der Waals surface area contributed by atoms with Crippen molar-refractivity contribution in [2.24, 2.45) is 0 Å². The Morgan fingerprint density at radius 1 is 0.969 bits per heavy atom. The van der Waals surface area contributed by atoms with E-state index in [0.29, 0.717) is 0 Å². The molecule has 32 heavy (non-hydrogen) atoms. The lowest BCUT2D eigenvalue weighted by molar-refractivity contribution is -0.0498. The van der Waals surface area contributed by atoms with E-state index in [1.807, 2.05) is 0 Å². The number of hydrogen-bond acceptors (Lipinski definition) is 5. The first kappa shape index (κ1) is 22.9. The third-order valence-electron chi connectivity index (χ3n) is 4.17. The van der Waals surface area contributed by atoms with Crippen molar-refractivity contribution < 1.29 is 35.9 Å². The Hall–Kier alpha value is -3.73. The highest BCUT2D eigenvalue weighted by molar-refractivity contribution is 7.92. The summed E-state index contributed by atoms with van der Waals surface area (Å²) < 4.78 is 74.5. The maximum absolute atomic E-state index is 13.1. The zero-order valence-electron chi connectivity index (χ0n) is 16.5. The predicted molar refractivity (Wildman–Crippen MR) is 111 cm³/mol. The lowest BCUT2D eigenvalue weighted by Crippen LogP contribution is -2.15. The Kier molecular flexibility index (Phi) is 6.89. The summed E-state index contributed by atoms with van der Waals surface area (Å²) in [6.07, 6.45) is 0. The van der Waals surface area contributed by atoms with Crippen molar-refractivity contribution in [2.75, 3.05) is 17.1 Å². The van der Waals surface area contributed by atoms with Crippen LogP contribution in [0.2, 0.25) is 0 Å². The lowest BCUT2D eigenvalue weighted by Gasteiger charge is -2.14. The molecular formula is C21H17F3N2O5S. The van der Waals surface area contributed by atoms with E-state index in [-0.39, 0.29) is 33.3 Å². The maximum atomic E-state index is 13.1. The minimum Gasteiger partial charge on any atom is -0.495 e. The average molecular weight is 466 g/mol. The number of nitrogens with one attached hydrogen (secondary N) is 2. The van der Waals surface area contributed by atoms with Crippen LogP contribution in [0.25, 0.3) is 0 Å². The van der Waals surface area contributed by atoms with Crippen molar-refractivity contribution in [1.82, 2.24) is 0 Å². The number of ether oxygens (including phenoxy) is 2. The first-order chi connectivity index (χ1) is 15.2. The topological polar surface area (TPSA) is 93.7 Å². The van der Waals surface area contributed by atoms with Crippen molar-refractivity contribution >= 4 is 27.3 Å². The van der Waals surface area contributed by atoms with Crippen LogP contribution >= 0.6 is 0 Å². The van der Waals surface area contributed by atoms with Crippen LogP contribution in [0.15, 0.2) is 71.6 Å². The molecule has 1 amide bonds. The van der Waals surface area contributed by atoms with E-state index >= 15 is 0 Å². The molecule has 11 heteroatoms. The van der Waals surface area contributed by atoms with Crippen molar-refractivity contribution in [1.29, 1.82) is 0 Å². The molecule has 2 N–H and O–H groups in total. The quantitative estimate of drug-likeness (QED) is 0.510. The van der Waals surface area contributed by atoms with E-state index < -0.39 is 28.4 Å². The molecule has 0 atom stereocenters. The molecule has 3 rings (SSSR count). The third kappa shape index (κ3) is 5.70. The van der Waals surface area contributed by atoms with Gasteiger partial charge in [-0.15, -0.1) is 0 Å². The molecular weight excluding hydrogens is 449 g/mol. The maximum Gasteiger partial charge on any atom is 0.387 e. The largest absolute Gasteiger partial charge is 0.495 e. The second-order valence-corrected chi connectivity index (χ2v) is 8.01. The van der Waals surface area contributed by atoms with Crippen molar-refractivity contribution in [3.05, 3.63) is 78.1 Å². The van der Waals surface area contributed by atoms with Crippen molar-refractivity contribution in [3.63, 3.8) is 0 Å². The molecule has 0 aliphatic rings.